The van der Waals surface area contributed by atoms with Crippen LogP contribution in [-0.4, -0.2) is 43.4 Å². The zero-order valence-corrected chi connectivity index (χ0v) is 8.84. The molecule has 0 atom stereocenters. The molecule has 0 aromatic carbocycles. The molecule has 0 aliphatic heterocycles. The molecule has 0 aliphatic rings. The third-order valence-electron chi connectivity index (χ3n) is 1.93. The van der Waals surface area contributed by atoms with Gasteiger partial charge in [-0.05, 0) is 13.8 Å². The summed E-state index contributed by atoms with van der Waals surface area (Å²) in [4.78, 5) is 10.7. The second-order valence-electron chi connectivity index (χ2n) is 3.04. The maximum Gasteiger partial charge on any atom is 0.324 e. The number of likely N-dealkylation sites (N-methyl/N-ethyl adjacent to an activating group) is 1. The number of nitrogens with zero attached hydrogens (tertiary/aromatic N) is 1. The van der Waals surface area contributed by atoms with Gasteiger partial charge in [-0.2, -0.15) is 12.7 Å². The van der Waals surface area contributed by atoms with Gasteiger partial charge in [0.25, 0.3) is 10.2 Å². The minimum absolute atomic E-state index is 0.766. The van der Waals surface area contributed by atoms with Crippen molar-refractivity contribution in [3.8, 4) is 0 Å². The Kier molecular flexibility index (Phi) is 3.42. The van der Waals surface area contributed by atoms with E-state index in [0.29, 0.717) is 0 Å². The molecule has 0 bridgehead atoms. The Morgan fingerprint density at radius 2 is 1.85 bits per heavy atom. The summed E-state index contributed by atoms with van der Waals surface area (Å²) in [5.41, 5.74) is -1.46. The van der Waals surface area contributed by atoms with Crippen LogP contribution in [0.5, 0.6) is 0 Å². The van der Waals surface area contributed by atoms with Crippen LogP contribution in [0.4, 0.5) is 0 Å². The summed E-state index contributed by atoms with van der Waals surface area (Å²) in [5.74, 6) is -1.20. The quantitative estimate of drug-likeness (QED) is 0.639. The number of nitrogens with one attached hydrogen (secondary N) is 1. The molecule has 0 aromatic rings. The first-order chi connectivity index (χ1) is 5.66. The average Bonchev–Trinajstić information content (AvgIpc) is 2.02. The lowest BCUT2D eigenvalue weighted by atomic mass is 10.1. The molecule has 0 amide bonds. The highest BCUT2D eigenvalue weighted by atomic mass is 32.2. The van der Waals surface area contributed by atoms with Crippen LogP contribution in [0, 0.1) is 0 Å². The van der Waals surface area contributed by atoms with E-state index < -0.39 is 21.7 Å². The Labute approximate surface area is 77.7 Å². The van der Waals surface area contributed by atoms with E-state index in [-0.39, 0.29) is 0 Å². The fraction of sp³-hybridized carbons (Fsp3) is 0.833. The number of rotatable bonds is 4. The molecule has 0 rings (SSSR count). The lowest BCUT2D eigenvalue weighted by Crippen LogP contribution is -2.53. The molecular formula is C6H14N2O4S. The van der Waals surface area contributed by atoms with Crippen LogP contribution in [0.2, 0.25) is 0 Å². The van der Waals surface area contributed by atoms with Gasteiger partial charge in [0.15, 0.2) is 0 Å². The van der Waals surface area contributed by atoms with Crippen molar-refractivity contribution >= 4 is 16.2 Å². The van der Waals surface area contributed by atoms with Gasteiger partial charge in [-0.25, -0.2) is 4.72 Å². The largest absolute Gasteiger partial charge is 0.480 e. The van der Waals surface area contributed by atoms with Crippen molar-refractivity contribution in [1.82, 2.24) is 9.03 Å². The number of carboxylic acid groups (broad SMARTS) is 1. The minimum atomic E-state index is -3.70. The van der Waals surface area contributed by atoms with E-state index in [1.54, 1.807) is 0 Å². The van der Waals surface area contributed by atoms with Gasteiger partial charge >= 0.3 is 5.97 Å². The Morgan fingerprint density at radius 3 is 2.08 bits per heavy atom. The van der Waals surface area contributed by atoms with E-state index in [1.165, 1.54) is 27.9 Å². The molecule has 0 aliphatic carbocycles. The maximum atomic E-state index is 11.2. The second kappa shape index (κ2) is 3.60. The highest BCUT2D eigenvalue weighted by molar-refractivity contribution is 7.87. The average molecular weight is 210 g/mol. The van der Waals surface area contributed by atoms with E-state index in [1.807, 2.05) is 4.72 Å². The first-order valence-electron chi connectivity index (χ1n) is 3.57. The van der Waals surface area contributed by atoms with Crippen molar-refractivity contribution in [2.75, 3.05) is 14.1 Å². The molecule has 0 saturated heterocycles. The SMILES string of the molecule is CNS(=O)(=O)N(C)C(C)(C)C(=O)O. The van der Waals surface area contributed by atoms with Crippen molar-refractivity contribution in [3.05, 3.63) is 0 Å². The minimum Gasteiger partial charge on any atom is -0.480 e. The van der Waals surface area contributed by atoms with Crippen molar-refractivity contribution < 1.29 is 18.3 Å². The van der Waals surface area contributed by atoms with Gasteiger partial charge in [0.05, 0.1) is 0 Å². The Hall–Kier alpha value is -0.660. The third kappa shape index (κ3) is 2.39. The summed E-state index contributed by atoms with van der Waals surface area (Å²) in [7, 11) is -1.26. The molecule has 7 heteroatoms. The number of hydrogen-bond donors (Lipinski definition) is 2. The third-order valence-corrected chi connectivity index (χ3v) is 3.62. The zero-order valence-electron chi connectivity index (χ0n) is 8.03. The molecule has 6 nitrogen and oxygen atoms in total. The molecule has 0 aromatic heterocycles. The Bertz CT molecular complexity index is 296. The van der Waals surface area contributed by atoms with Gasteiger partial charge in [0.1, 0.15) is 5.54 Å². The molecule has 0 radical (unpaired) electrons. The predicted molar refractivity (Wildman–Crippen MR) is 47.5 cm³/mol. The summed E-state index contributed by atoms with van der Waals surface area (Å²) in [6, 6.07) is 0. The molecule has 78 valence electrons. The van der Waals surface area contributed by atoms with E-state index in [2.05, 4.69) is 0 Å². The lowest BCUT2D eigenvalue weighted by molar-refractivity contribution is -0.145. The number of carbonyl (C=O) groups is 1. The van der Waals surface area contributed by atoms with Crippen molar-refractivity contribution in [3.63, 3.8) is 0 Å². The van der Waals surface area contributed by atoms with Crippen LogP contribution in [0.15, 0.2) is 0 Å². The van der Waals surface area contributed by atoms with E-state index in [9.17, 15) is 13.2 Å². The molecule has 0 saturated carbocycles. The zero-order chi connectivity index (χ0) is 10.9. The highest BCUT2D eigenvalue weighted by Gasteiger charge is 2.38. The van der Waals surface area contributed by atoms with Gasteiger partial charge in [0, 0.05) is 14.1 Å². The lowest BCUT2D eigenvalue weighted by Gasteiger charge is -2.29. The van der Waals surface area contributed by atoms with Gasteiger partial charge in [0.2, 0.25) is 0 Å². The molecular weight excluding hydrogens is 196 g/mol. The summed E-state index contributed by atoms with van der Waals surface area (Å²) in [5, 5.41) is 8.74. The highest BCUT2D eigenvalue weighted by Crippen LogP contribution is 2.15. The molecule has 0 unspecified atom stereocenters. The number of carboxylic acids is 1. The van der Waals surface area contributed by atoms with Gasteiger partial charge < -0.3 is 5.11 Å². The fourth-order valence-corrected chi connectivity index (χ4v) is 1.52. The van der Waals surface area contributed by atoms with Crippen LogP contribution in [-0.2, 0) is 15.0 Å². The predicted octanol–water partition coefficient (Wildman–Crippen LogP) is -0.754. The second-order valence-corrected chi connectivity index (χ2v) is 4.95. The first-order valence-corrected chi connectivity index (χ1v) is 5.01. The molecule has 0 heterocycles. The number of hydrogen-bond acceptors (Lipinski definition) is 3. The van der Waals surface area contributed by atoms with Gasteiger partial charge in [-0.1, -0.05) is 0 Å². The summed E-state index contributed by atoms with van der Waals surface area (Å²) in [6.07, 6.45) is 0. The van der Waals surface area contributed by atoms with E-state index in [4.69, 9.17) is 5.11 Å². The maximum absolute atomic E-state index is 11.2. The monoisotopic (exact) mass is 210 g/mol. The van der Waals surface area contributed by atoms with Crippen LogP contribution < -0.4 is 4.72 Å². The number of aliphatic carboxylic acids is 1. The summed E-state index contributed by atoms with van der Waals surface area (Å²) < 4.78 is 25.2. The Morgan fingerprint density at radius 1 is 1.46 bits per heavy atom. The van der Waals surface area contributed by atoms with Gasteiger partial charge in [-0.3, -0.25) is 4.79 Å². The standard InChI is InChI=1S/C6H14N2O4S/c1-6(2,5(9)10)8(4)13(11,12)7-3/h7H,1-4H3,(H,9,10). The molecule has 2 N–H and O–H groups in total. The molecule has 13 heavy (non-hydrogen) atoms. The van der Waals surface area contributed by atoms with Crippen LogP contribution >= 0.6 is 0 Å². The molecule has 0 spiro atoms. The van der Waals surface area contributed by atoms with Crippen molar-refractivity contribution in [2.45, 2.75) is 19.4 Å². The summed E-state index contributed by atoms with van der Waals surface area (Å²) >= 11 is 0. The topological polar surface area (TPSA) is 86.7 Å². The van der Waals surface area contributed by atoms with Crippen molar-refractivity contribution in [1.29, 1.82) is 0 Å². The van der Waals surface area contributed by atoms with Gasteiger partial charge in [-0.15, -0.1) is 0 Å². The fourth-order valence-electron chi connectivity index (χ4n) is 0.572. The van der Waals surface area contributed by atoms with Crippen LogP contribution in [0.1, 0.15) is 13.8 Å². The van der Waals surface area contributed by atoms with Crippen LogP contribution in [0.25, 0.3) is 0 Å². The normalized spacial score (nSPS) is 13.3. The smallest absolute Gasteiger partial charge is 0.324 e. The van der Waals surface area contributed by atoms with Crippen LogP contribution in [0.3, 0.4) is 0 Å². The van der Waals surface area contributed by atoms with E-state index in [0.717, 1.165) is 4.31 Å². The molecule has 0 fully saturated rings. The van der Waals surface area contributed by atoms with E-state index >= 15 is 0 Å². The summed E-state index contributed by atoms with van der Waals surface area (Å²) in [6.45, 7) is 2.62. The first kappa shape index (κ1) is 12.3. The van der Waals surface area contributed by atoms with Crippen molar-refractivity contribution in [2.24, 2.45) is 0 Å². The Balaban J connectivity index is 5.01.